The number of hydrogen-bond donors (Lipinski definition) is 2. The van der Waals surface area contributed by atoms with Crippen LogP contribution in [0.5, 0.6) is 0 Å². The topological polar surface area (TPSA) is 80.4 Å². The first-order valence-electron chi connectivity index (χ1n) is 4.24. The number of carbonyl (C=O) groups excluding carboxylic acids is 1. The summed E-state index contributed by atoms with van der Waals surface area (Å²) in [5.41, 5.74) is 5.31. The summed E-state index contributed by atoms with van der Waals surface area (Å²) >= 11 is 1.30. The molecule has 1 atom stereocenters. The minimum Gasteiger partial charge on any atom is -0.475 e. The Morgan fingerprint density at radius 1 is 1.25 bits per heavy atom. The second-order valence-corrected chi connectivity index (χ2v) is 4.66. The molecule has 0 radical (unpaired) electrons. The van der Waals surface area contributed by atoms with Crippen molar-refractivity contribution in [1.29, 1.82) is 0 Å². The van der Waals surface area contributed by atoms with Crippen LogP contribution in [0.1, 0.15) is 20.8 Å². The first kappa shape index (κ1) is 17.6. The van der Waals surface area contributed by atoms with Crippen LogP contribution in [-0.2, 0) is 9.59 Å². The Labute approximate surface area is 95.4 Å². The highest BCUT2D eigenvalue weighted by molar-refractivity contribution is 8.14. The maximum absolute atomic E-state index is 10.8. The average molecular weight is 261 g/mol. The highest BCUT2D eigenvalue weighted by Gasteiger charge is 2.38. The van der Waals surface area contributed by atoms with E-state index in [1.54, 1.807) is 6.92 Å². The number of halogens is 3. The lowest BCUT2D eigenvalue weighted by atomic mass is 10.4. The van der Waals surface area contributed by atoms with Gasteiger partial charge in [-0.1, -0.05) is 25.6 Å². The van der Waals surface area contributed by atoms with Gasteiger partial charge in [-0.3, -0.25) is 4.79 Å². The van der Waals surface area contributed by atoms with Gasteiger partial charge in [0.2, 0.25) is 5.12 Å². The summed E-state index contributed by atoms with van der Waals surface area (Å²) in [6.45, 7) is 5.66. The number of carboxylic acid groups (broad SMARTS) is 1. The molecule has 0 heterocycles. The molecule has 0 bridgehead atoms. The van der Waals surface area contributed by atoms with Gasteiger partial charge in [0, 0.05) is 5.25 Å². The normalized spacial score (nSPS) is 12.8. The highest BCUT2D eigenvalue weighted by Crippen LogP contribution is 2.13. The first-order valence-corrected chi connectivity index (χ1v) is 5.12. The second-order valence-electron chi connectivity index (χ2n) is 3.08. The van der Waals surface area contributed by atoms with Crippen LogP contribution in [-0.4, -0.2) is 33.7 Å². The zero-order valence-electron chi connectivity index (χ0n) is 9.04. The van der Waals surface area contributed by atoms with Gasteiger partial charge in [-0.2, -0.15) is 13.2 Å². The number of rotatable bonds is 2. The third kappa shape index (κ3) is 11.3. The molecule has 8 heteroatoms. The molecule has 0 spiro atoms. The summed E-state index contributed by atoms with van der Waals surface area (Å²) in [5, 5.41) is 7.55. The number of carboxylic acids is 1. The summed E-state index contributed by atoms with van der Waals surface area (Å²) in [5.74, 6) is -2.76. The molecule has 0 aliphatic carbocycles. The molecule has 0 fully saturated rings. The molecular formula is C8H14F3NO3S. The maximum atomic E-state index is 10.8. The van der Waals surface area contributed by atoms with Crippen molar-refractivity contribution in [3.63, 3.8) is 0 Å². The van der Waals surface area contributed by atoms with Gasteiger partial charge in [0.25, 0.3) is 0 Å². The molecule has 96 valence electrons. The first-order chi connectivity index (χ1) is 6.98. The van der Waals surface area contributed by atoms with Crippen molar-refractivity contribution in [2.24, 2.45) is 5.73 Å². The van der Waals surface area contributed by atoms with Gasteiger partial charge in [0.1, 0.15) is 0 Å². The minimum atomic E-state index is -5.08. The largest absolute Gasteiger partial charge is 0.490 e. The number of hydrogen-bond acceptors (Lipinski definition) is 4. The standard InChI is InChI=1S/C6H13NOS.C2HF3O2/c1-4(2)9-6(8)5(3)7;3-2(4,5)1(6)7/h4-5H,7H2,1-3H3;(H,6,7)/t5-;/m0./s1. The minimum absolute atomic E-state index is 0.0741. The number of carbonyl (C=O) groups is 2. The van der Waals surface area contributed by atoms with E-state index < -0.39 is 12.1 Å². The van der Waals surface area contributed by atoms with Gasteiger partial charge >= 0.3 is 12.1 Å². The van der Waals surface area contributed by atoms with Crippen molar-refractivity contribution >= 4 is 22.8 Å². The summed E-state index contributed by atoms with van der Waals surface area (Å²) in [6.07, 6.45) is -5.08. The van der Waals surface area contributed by atoms with E-state index >= 15 is 0 Å². The number of alkyl halides is 3. The molecule has 0 aliphatic rings. The molecule has 0 amide bonds. The summed E-state index contributed by atoms with van der Waals surface area (Å²) in [4.78, 5) is 19.7. The van der Waals surface area contributed by atoms with Crippen LogP contribution in [0.2, 0.25) is 0 Å². The van der Waals surface area contributed by atoms with Gasteiger partial charge < -0.3 is 10.8 Å². The molecule has 16 heavy (non-hydrogen) atoms. The molecule has 0 saturated heterocycles. The number of aliphatic carboxylic acids is 1. The van der Waals surface area contributed by atoms with Crippen molar-refractivity contribution in [1.82, 2.24) is 0 Å². The van der Waals surface area contributed by atoms with Gasteiger partial charge in [-0.25, -0.2) is 4.79 Å². The third-order valence-corrected chi connectivity index (χ3v) is 2.04. The van der Waals surface area contributed by atoms with Gasteiger partial charge in [0.05, 0.1) is 6.04 Å². The van der Waals surface area contributed by atoms with E-state index in [4.69, 9.17) is 15.6 Å². The zero-order valence-corrected chi connectivity index (χ0v) is 9.85. The fourth-order valence-electron chi connectivity index (χ4n) is 0.340. The monoisotopic (exact) mass is 261 g/mol. The van der Waals surface area contributed by atoms with Crippen LogP contribution in [0.3, 0.4) is 0 Å². The van der Waals surface area contributed by atoms with E-state index in [9.17, 15) is 18.0 Å². The Balaban J connectivity index is 0. The fourth-order valence-corrected chi connectivity index (χ4v) is 1.02. The van der Waals surface area contributed by atoms with Crippen LogP contribution in [0, 0.1) is 0 Å². The van der Waals surface area contributed by atoms with Crippen molar-refractivity contribution < 1.29 is 27.9 Å². The Kier molecular flexibility index (Phi) is 8.27. The smallest absolute Gasteiger partial charge is 0.475 e. The Morgan fingerprint density at radius 3 is 1.62 bits per heavy atom. The van der Waals surface area contributed by atoms with Crippen molar-refractivity contribution in [3.8, 4) is 0 Å². The number of nitrogens with two attached hydrogens (primary N) is 1. The van der Waals surface area contributed by atoms with E-state index in [-0.39, 0.29) is 11.2 Å². The molecule has 0 unspecified atom stereocenters. The highest BCUT2D eigenvalue weighted by atomic mass is 32.2. The third-order valence-electron chi connectivity index (χ3n) is 0.966. The van der Waals surface area contributed by atoms with E-state index in [1.807, 2.05) is 13.8 Å². The van der Waals surface area contributed by atoms with Crippen LogP contribution in [0.15, 0.2) is 0 Å². The van der Waals surface area contributed by atoms with Gasteiger partial charge in [-0.15, -0.1) is 0 Å². The zero-order chi connectivity index (χ0) is 13.5. The SMILES string of the molecule is CC(C)SC(=O)[C@H](C)N.O=C(O)C(F)(F)F. The summed E-state index contributed by atoms with van der Waals surface area (Å²) in [6, 6.07) is -0.322. The summed E-state index contributed by atoms with van der Waals surface area (Å²) < 4.78 is 31.7. The maximum Gasteiger partial charge on any atom is 0.490 e. The van der Waals surface area contributed by atoms with E-state index in [1.165, 1.54) is 11.8 Å². The molecule has 3 N–H and O–H groups in total. The number of thioether (sulfide) groups is 1. The van der Waals surface area contributed by atoms with Crippen molar-refractivity contribution in [2.75, 3.05) is 0 Å². The molecule has 0 saturated carbocycles. The van der Waals surface area contributed by atoms with Crippen LogP contribution in [0.4, 0.5) is 13.2 Å². The second kappa shape index (κ2) is 7.50. The van der Waals surface area contributed by atoms with Crippen LogP contribution in [0.25, 0.3) is 0 Å². The lowest BCUT2D eigenvalue weighted by Crippen LogP contribution is -2.24. The lowest BCUT2D eigenvalue weighted by molar-refractivity contribution is -0.192. The molecule has 4 nitrogen and oxygen atoms in total. The Morgan fingerprint density at radius 2 is 1.56 bits per heavy atom. The van der Waals surface area contributed by atoms with Crippen molar-refractivity contribution in [2.45, 2.75) is 38.2 Å². The van der Waals surface area contributed by atoms with Crippen molar-refractivity contribution in [3.05, 3.63) is 0 Å². The quantitative estimate of drug-likeness (QED) is 0.789. The summed E-state index contributed by atoms with van der Waals surface area (Å²) in [7, 11) is 0. The van der Waals surface area contributed by atoms with E-state index in [2.05, 4.69) is 0 Å². The lowest BCUT2D eigenvalue weighted by Gasteiger charge is -2.04. The fraction of sp³-hybridized carbons (Fsp3) is 0.750. The van der Waals surface area contributed by atoms with E-state index in [0.717, 1.165) is 0 Å². The molecule has 0 aromatic rings. The van der Waals surface area contributed by atoms with Crippen LogP contribution >= 0.6 is 11.8 Å². The molecule has 0 aromatic carbocycles. The Hall–Kier alpha value is -0.760. The Bertz CT molecular complexity index is 241. The molecule has 0 rings (SSSR count). The van der Waals surface area contributed by atoms with Crippen LogP contribution < -0.4 is 5.73 Å². The predicted octanol–water partition coefficient (Wildman–Crippen LogP) is 1.64. The van der Waals surface area contributed by atoms with E-state index in [0.29, 0.717) is 5.25 Å². The predicted molar refractivity (Wildman–Crippen MR) is 55.1 cm³/mol. The molecular weight excluding hydrogens is 247 g/mol. The molecule has 0 aliphatic heterocycles. The van der Waals surface area contributed by atoms with Gasteiger partial charge in [0.15, 0.2) is 0 Å². The average Bonchev–Trinajstić information content (AvgIpc) is 2.01. The van der Waals surface area contributed by atoms with Gasteiger partial charge in [-0.05, 0) is 6.92 Å². The molecule has 0 aromatic heterocycles.